The van der Waals surface area contributed by atoms with Gasteiger partial charge in [0.25, 0.3) is 5.91 Å². The first-order valence-electron chi connectivity index (χ1n) is 6.44. The number of para-hydroxylation sites is 1. The molecule has 0 spiro atoms. The van der Waals surface area contributed by atoms with Crippen LogP contribution in [0.5, 0.6) is 0 Å². The molecule has 5 heteroatoms. The zero-order valence-electron chi connectivity index (χ0n) is 11.6. The average Bonchev–Trinajstić information content (AvgIpc) is 2.46. The molecule has 0 heterocycles. The minimum atomic E-state index is -0.389. The second-order valence-electron chi connectivity index (χ2n) is 4.57. The predicted molar refractivity (Wildman–Crippen MR) is 85.5 cm³/mol. The molecule has 0 aliphatic rings. The van der Waals surface area contributed by atoms with Gasteiger partial charge in [0.1, 0.15) is 0 Å². The third-order valence-electron chi connectivity index (χ3n) is 2.79. The zero-order valence-corrected chi connectivity index (χ0v) is 12.4. The van der Waals surface area contributed by atoms with Crippen LogP contribution in [0.4, 0.5) is 5.69 Å². The van der Waals surface area contributed by atoms with Crippen molar-refractivity contribution in [3.8, 4) is 0 Å². The first-order valence-corrected chi connectivity index (χ1v) is 7.43. The zero-order chi connectivity index (χ0) is 15.2. The van der Waals surface area contributed by atoms with Crippen molar-refractivity contribution in [2.75, 3.05) is 11.1 Å². The molecule has 0 saturated heterocycles. The lowest BCUT2D eigenvalue weighted by atomic mass is 10.1. The van der Waals surface area contributed by atoms with Crippen LogP contribution in [0.15, 0.2) is 53.4 Å². The van der Waals surface area contributed by atoms with E-state index in [1.54, 1.807) is 12.1 Å². The topological polar surface area (TPSA) is 72.2 Å². The Labute approximate surface area is 127 Å². The van der Waals surface area contributed by atoms with Crippen LogP contribution in [0.3, 0.4) is 0 Å². The van der Waals surface area contributed by atoms with Crippen molar-refractivity contribution in [1.29, 1.82) is 0 Å². The fourth-order valence-electron chi connectivity index (χ4n) is 1.83. The number of amides is 2. The lowest BCUT2D eigenvalue weighted by Crippen LogP contribution is -2.14. The predicted octanol–water partition coefficient (Wildman–Crippen LogP) is 2.82. The number of aryl methyl sites for hydroxylation is 1. The lowest BCUT2D eigenvalue weighted by molar-refractivity contribution is -0.115. The van der Waals surface area contributed by atoms with Gasteiger partial charge in [0, 0.05) is 10.5 Å². The number of carbonyl (C=O) groups is 2. The third kappa shape index (κ3) is 4.36. The van der Waals surface area contributed by atoms with Crippen molar-refractivity contribution in [3.05, 3.63) is 59.7 Å². The van der Waals surface area contributed by atoms with Gasteiger partial charge in [0.05, 0.1) is 11.4 Å². The highest BCUT2D eigenvalue weighted by Crippen LogP contribution is 2.27. The van der Waals surface area contributed by atoms with E-state index < -0.39 is 0 Å². The van der Waals surface area contributed by atoms with Crippen LogP contribution in [-0.2, 0) is 4.79 Å². The number of carbonyl (C=O) groups excluding carboxylic acids is 2. The van der Waals surface area contributed by atoms with E-state index in [2.05, 4.69) is 5.32 Å². The van der Waals surface area contributed by atoms with Gasteiger partial charge in [-0.25, -0.2) is 0 Å². The van der Waals surface area contributed by atoms with Crippen molar-refractivity contribution in [1.82, 2.24) is 0 Å². The first-order chi connectivity index (χ1) is 10.1. The lowest BCUT2D eigenvalue weighted by Gasteiger charge is -2.10. The van der Waals surface area contributed by atoms with Gasteiger partial charge in [0.15, 0.2) is 0 Å². The summed E-state index contributed by atoms with van der Waals surface area (Å²) in [6.07, 6.45) is 0. The van der Waals surface area contributed by atoms with Crippen LogP contribution in [0.25, 0.3) is 0 Å². The minimum Gasteiger partial charge on any atom is -0.369 e. The maximum absolute atomic E-state index is 12.2. The normalized spacial score (nSPS) is 10.1. The molecular formula is C16H16N2O2S. The van der Waals surface area contributed by atoms with Gasteiger partial charge >= 0.3 is 0 Å². The molecule has 0 saturated carbocycles. The van der Waals surface area contributed by atoms with E-state index in [4.69, 9.17) is 5.73 Å². The molecule has 0 aliphatic carbocycles. The number of nitrogens with two attached hydrogens (primary N) is 1. The number of hydrogen-bond donors (Lipinski definition) is 2. The highest BCUT2D eigenvalue weighted by molar-refractivity contribution is 8.00. The van der Waals surface area contributed by atoms with Crippen LogP contribution in [0, 0.1) is 6.92 Å². The molecule has 0 aliphatic heterocycles. The van der Waals surface area contributed by atoms with Crippen molar-refractivity contribution in [2.45, 2.75) is 11.8 Å². The summed E-state index contributed by atoms with van der Waals surface area (Å²) in [7, 11) is 0. The Kier molecular flexibility index (Phi) is 5.00. The molecule has 108 valence electrons. The summed E-state index contributed by atoms with van der Waals surface area (Å²) in [4.78, 5) is 23.9. The summed E-state index contributed by atoms with van der Waals surface area (Å²) in [5.74, 6) is -0.386. The van der Waals surface area contributed by atoms with Crippen molar-refractivity contribution >= 4 is 29.3 Å². The molecule has 2 aromatic rings. The largest absolute Gasteiger partial charge is 0.369 e. The van der Waals surface area contributed by atoms with E-state index in [1.807, 2.05) is 43.3 Å². The molecule has 0 fully saturated rings. The van der Waals surface area contributed by atoms with Crippen molar-refractivity contribution in [3.63, 3.8) is 0 Å². The van der Waals surface area contributed by atoms with Crippen LogP contribution in [-0.4, -0.2) is 17.6 Å². The van der Waals surface area contributed by atoms with Gasteiger partial charge in [-0.15, -0.1) is 11.8 Å². The summed E-state index contributed by atoms with van der Waals surface area (Å²) in [6, 6.07) is 14.7. The van der Waals surface area contributed by atoms with Gasteiger partial charge in [-0.2, -0.15) is 0 Å². The fourth-order valence-corrected chi connectivity index (χ4v) is 2.57. The number of benzene rings is 2. The molecule has 4 nitrogen and oxygen atoms in total. The molecule has 3 N–H and O–H groups in total. The summed E-state index contributed by atoms with van der Waals surface area (Å²) in [6.45, 7) is 1.94. The number of primary amides is 1. The van der Waals surface area contributed by atoms with E-state index in [-0.39, 0.29) is 17.6 Å². The van der Waals surface area contributed by atoms with Crippen LogP contribution in [0.2, 0.25) is 0 Å². The number of hydrogen-bond acceptors (Lipinski definition) is 3. The number of nitrogens with one attached hydrogen (secondary N) is 1. The molecule has 0 aromatic heterocycles. The van der Waals surface area contributed by atoms with E-state index in [9.17, 15) is 9.59 Å². The van der Waals surface area contributed by atoms with Gasteiger partial charge in [-0.05, 0) is 31.2 Å². The molecule has 0 unspecified atom stereocenters. The standard InChI is InChI=1S/C16H16N2O2S/c1-11-5-4-6-12(9-11)16(20)18-13-7-2-3-8-14(13)21-10-15(17)19/h2-9H,10H2,1H3,(H2,17,19)(H,18,20). The van der Waals surface area contributed by atoms with Crippen LogP contribution in [0.1, 0.15) is 15.9 Å². The number of rotatable bonds is 5. The first kappa shape index (κ1) is 15.1. The highest BCUT2D eigenvalue weighted by Gasteiger charge is 2.10. The maximum Gasteiger partial charge on any atom is 0.255 e. The second kappa shape index (κ2) is 6.95. The van der Waals surface area contributed by atoms with Crippen LogP contribution >= 0.6 is 11.8 Å². The van der Waals surface area contributed by atoms with E-state index in [1.165, 1.54) is 11.8 Å². The Hall–Kier alpha value is -2.27. The summed E-state index contributed by atoms with van der Waals surface area (Å²) in [5.41, 5.74) is 7.46. The Bertz CT molecular complexity index is 671. The summed E-state index contributed by atoms with van der Waals surface area (Å²) >= 11 is 1.31. The summed E-state index contributed by atoms with van der Waals surface area (Å²) in [5, 5.41) is 2.87. The molecule has 0 atom stereocenters. The van der Waals surface area contributed by atoms with Crippen LogP contribution < -0.4 is 11.1 Å². The minimum absolute atomic E-state index is 0.175. The third-order valence-corrected chi connectivity index (χ3v) is 3.88. The second-order valence-corrected chi connectivity index (χ2v) is 5.59. The van der Waals surface area contributed by atoms with Crippen molar-refractivity contribution < 1.29 is 9.59 Å². The van der Waals surface area contributed by atoms with Crippen molar-refractivity contribution in [2.24, 2.45) is 5.73 Å². The van der Waals surface area contributed by atoms with E-state index in [0.29, 0.717) is 11.3 Å². The van der Waals surface area contributed by atoms with E-state index in [0.717, 1.165) is 10.5 Å². The quantitative estimate of drug-likeness (QED) is 0.834. The molecule has 2 amide bonds. The SMILES string of the molecule is Cc1cccc(C(=O)Nc2ccccc2SCC(N)=O)c1. The molecule has 0 radical (unpaired) electrons. The van der Waals surface area contributed by atoms with Gasteiger partial charge < -0.3 is 11.1 Å². The van der Waals surface area contributed by atoms with Gasteiger partial charge in [0.2, 0.25) is 5.91 Å². The number of thioether (sulfide) groups is 1. The molecular weight excluding hydrogens is 284 g/mol. The molecule has 2 rings (SSSR count). The Morgan fingerprint density at radius 3 is 2.62 bits per heavy atom. The Balaban J connectivity index is 2.15. The molecule has 0 bridgehead atoms. The monoisotopic (exact) mass is 300 g/mol. The number of anilines is 1. The van der Waals surface area contributed by atoms with Gasteiger partial charge in [-0.3, -0.25) is 9.59 Å². The Morgan fingerprint density at radius 1 is 1.14 bits per heavy atom. The average molecular weight is 300 g/mol. The van der Waals surface area contributed by atoms with E-state index >= 15 is 0 Å². The summed E-state index contributed by atoms with van der Waals surface area (Å²) < 4.78 is 0. The molecule has 21 heavy (non-hydrogen) atoms. The smallest absolute Gasteiger partial charge is 0.255 e. The highest BCUT2D eigenvalue weighted by atomic mass is 32.2. The van der Waals surface area contributed by atoms with Gasteiger partial charge in [-0.1, -0.05) is 29.8 Å². The molecule has 2 aromatic carbocycles. The maximum atomic E-state index is 12.2. The fraction of sp³-hybridized carbons (Fsp3) is 0.125. The Morgan fingerprint density at radius 2 is 1.90 bits per heavy atom.